The smallest absolute Gasteiger partial charge is 0.320 e. The average Bonchev–Trinajstić information content (AvgIpc) is 2.78. The van der Waals surface area contributed by atoms with E-state index in [9.17, 15) is 4.79 Å². The summed E-state index contributed by atoms with van der Waals surface area (Å²) >= 11 is 0. The van der Waals surface area contributed by atoms with Gasteiger partial charge in [0.25, 0.3) is 0 Å². The number of aromatic amines is 1. The summed E-state index contributed by atoms with van der Waals surface area (Å²) < 4.78 is 0. The van der Waals surface area contributed by atoms with Crippen LogP contribution in [0, 0.1) is 0 Å². The van der Waals surface area contributed by atoms with Crippen LogP contribution in [0.25, 0.3) is 11.3 Å². The van der Waals surface area contributed by atoms with Crippen molar-refractivity contribution in [2.75, 3.05) is 0 Å². The Morgan fingerprint density at radius 1 is 1.41 bits per heavy atom. The number of nitrogens with one attached hydrogen (secondary N) is 1. The molecule has 0 aliphatic carbocycles. The van der Waals surface area contributed by atoms with Crippen molar-refractivity contribution in [2.45, 2.75) is 12.5 Å². The number of nitrogens with two attached hydrogens (primary N) is 1. The lowest BCUT2D eigenvalue weighted by molar-refractivity contribution is -0.138. The predicted octanol–water partition coefficient (Wildman–Crippen LogP) is 1.03. The molecule has 0 fully saturated rings. The van der Waals surface area contributed by atoms with E-state index in [0.29, 0.717) is 5.82 Å². The fourth-order valence-electron chi connectivity index (χ4n) is 1.53. The lowest BCUT2D eigenvalue weighted by Gasteiger charge is -2.02. The van der Waals surface area contributed by atoms with E-state index >= 15 is 0 Å². The summed E-state index contributed by atoms with van der Waals surface area (Å²) in [5.74, 6) is -0.443. The number of carboxylic acid groups (broad SMARTS) is 1. The number of aliphatic carboxylic acids is 1. The maximum absolute atomic E-state index is 10.6. The van der Waals surface area contributed by atoms with Crippen LogP contribution >= 0.6 is 0 Å². The molecule has 0 amide bonds. The first-order chi connectivity index (χ1) is 8.16. The Bertz CT molecular complexity index is 507. The van der Waals surface area contributed by atoms with Gasteiger partial charge in [-0.25, -0.2) is 4.98 Å². The van der Waals surface area contributed by atoms with Crippen molar-refractivity contribution in [2.24, 2.45) is 5.73 Å². The quantitative estimate of drug-likeness (QED) is 0.732. The molecule has 0 unspecified atom stereocenters. The van der Waals surface area contributed by atoms with E-state index in [1.165, 1.54) is 0 Å². The van der Waals surface area contributed by atoms with E-state index in [-0.39, 0.29) is 6.42 Å². The summed E-state index contributed by atoms with van der Waals surface area (Å²) in [7, 11) is 0. The normalized spacial score (nSPS) is 12.3. The molecule has 1 aromatic carbocycles. The van der Waals surface area contributed by atoms with Gasteiger partial charge in [0, 0.05) is 6.42 Å². The van der Waals surface area contributed by atoms with Crippen LogP contribution in [0.2, 0.25) is 0 Å². The second-order valence-electron chi connectivity index (χ2n) is 3.76. The molecule has 1 atom stereocenters. The van der Waals surface area contributed by atoms with Crippen LogP contribution in [0.3, 0.4) is 0 Å². The summed E-state index contributed by atoms with van der Waals surface area (Å²) in [6.45, 7) is 0. The first-order valence-electron chi connectivity index (χ1n) is 5.24. The van der Waals surface area contributed by atoms with Crippen LogP contribution in [0.4, 0.5) is 0 Å². The Morgan fingerprint density at radius 3 is 2.76 bits per heavy atom. The molecular formula is C12H13N3O2. The molecule has 1 heterocycles. The number of carboxylic acids is 1. The fraction of sp³-hybridized carbons (Fsp3) is 0.167. The number of carbonyl (C=O) groups is 1. The van der Waals surface area contributed by atoms with Crippen molar-refractivity contribution in [1.82, 2.24) is 9.97 Å². The lowest BCUT2D eigenvalue weighted by Crippen LogP contribution is -2.32. The van der Waals surface area contributed by atoms with Crippen LogP contribution < -0.4 is 5.73 Å². The van der Waals surface area contributed by atoms with E-state index in [4.69, 9.17) is 10.8 Å². The van der Waals surface area contributed by atoms with Crippen molar-refractivity contribution >= 4 is 5.97 Å². The number of imidazole rings is 1. The molecule has 1 aromatic heterocycles. The monoisotopic (exact) mass is 231 g/mol. The first-order valence-corrected chi connectivity index (χ1v) is 5.24. The Hall–Kier alpha value is -2.14. The van der Waals surface area contributed by atoms with E-state index in [2.05, 4.69) is 9.97 Å². The number of nitrogens with zero attached hydrogens (tertiary/aromatic N) is 1. The minimum absolute atomic E-state index is 0.197. The van der Waals surface area contributed by atoms with Gasteiger partial charge in [-0.15, -0.1) is 0 Å². The molecule has 2 aromatic rings. The van der Waals surface area contributed by atoms with Gasteiger partial charge < -0.3 is 15.8 Å². The molecule has 2 rings (SSSR count). The summed E-state index contributed by atoms with van der Waals surface area (Å²) in [4.78, 5) is 17.8. The number of H-pyrrole nitrogens is 1. The van der Waals surface area contributed by atoms with Gasteiger partial charge in [-0.05, 0) is 5.56 Å². The van der Waals surface area contributed by atoms with E-state index in [1.807, 2.05) is 30.3 Å². The van der Waals surface area contributed by atoms with Crippen molar-refractivity contribution in [3.8, 4) is 11.3 Å². The maximum atomic E-state index is 10.6. The van der Waals surface area contributed by atoms with Crippen molar-refractivity contribution in [3.63, 3.8) is 0 Å². The average molecular weight is 231 g/mol. The van der Waals surface area contributed by atoms with E-state index < -0.39 is 12.0 Å². The van der Waals surface area contributed by atoms with Crippen molar-refractivity contribution in [1.29, 1.82) is 0 Å². The maximum Gasteiger partial charge on any atom is 0.320 e. The Kier molecular flexibility index (Phi) is 3.20. The molecule has 88 valence electrons. The third kappa shape index (κ3) is 2.70. The third-order valence-corrected chi connectivity index (χ3v) is 2.44. The number of aromatic nitrogens is 2. The molecule has 0 spiro atoms. The largest absolute Gasteiger partial charge is 0.480 e. The standard InChI is InChI=1S/C12H13N3O2/c13-9(12(16)17)6-11-14-7-10(15-11)8-4-2-1-3-5-8/h1-5,7,9H,6,13H2,(H,14,15)(H,16,17)/t9-/m0/s1. The predicted molar refractivity (Wildman–Crippen MR) is 63.3 cm³/mol. The van der Waals surface area contributed by atoms with Crippen LogP contribution in [-0.2, 0) is 11.2 Å². The highest BCUT2D eigenvalue weighted by Gasteiger charge is 2.14. The summed E-state index contributed by atoms with van der Waals surface area (Å²) in [6, 6.07) is 8.77. The molecule has 0 radical (unpaired) electrons. The van der Waals surface area contributed by atoms with Crippen LogP contribution in [0.1, 0.15) is 5.82 Å². The highest BCUT2D eigenvalue weighted by molar-refractivity contribution is 5.73. The molecule has 0 saturated carbocycles. The van der Waals surface area contributed by atoms with Gasteiger partial charge in [0.2, 0.25) is 0 Å². The molecule has 0 saturated heterocycles. The Labute approximate surface area is 98.3 Å². The molecular weight excluding hydrogens is 218 g/mol. The van der Waals surface area contributed by atoms with Crippen LogP contribution in [0.5, 0.6) is 0 Å². The zero-order chi connectivity index (χ0) is 12.3. The number of rotatable bonds is 4. The Balaban J connectivity index is 2.14. The number of hydrogen-bond donors (Lipinski definition) is 3. The molecule has 4 N–H and O–H groups in total. The SMILES string of the molecule is N[C@@H](Cc1ncc(-c2ccccc2)[nH]1)C(=O)O. The van der Waals surface area contributed by atoms with E-state index in [0.717, 1.165) is 11.3 Å². The van der Waals surface area contributed by atoms with Crippen molar-refractivity contribution < 1.29 is 9.90 Å². The van der Waals surface area contributed by atoms with Gasteiger partial charge in [-0.2, -0.15) is 0 Å². The zero-order valence-electron chi connectivity index (χ0n) is 9.13. The highest BCUT2D eigenvalue weighted by atomic mass is 16.4. The minimum atomic E-state index is -1.03. The molecule has 17 heavy (non-hydrogen) atoms. The fourth-order valence-corrected chi connectivity index (χ4v) is 1.53. The second kappa shape index (κ2) is 4.80. The first kappa shape index (κ1) is 11.3. The Morgan fingerprint density at radius 2 is 2.12 bits per heavy atom. The second-order valence-corrected chi connectivity index (χ2v) is 3.76. The van der Waals surface area contributed by atoms with Gasteiger partial charge in [-0.1, -0.05) is 30.3 Å². The molecule has 0 bridgehead atoms. The number of benzene rings is 1. The minimum Gasteiger partial charge on any atom is -0.480 e. The van der Waals surface area contributed by atoms with Crippen molar-refractivity contribution in [3.05, 3.63) is 42.4 Å². The molecule has 5 heteroatoms. The third-order valence-electron chi connectivity index (χ3n) is 2.44. The van der Waals surface area contributed by atoms with Gasteiger partial charge in [-0.3, -0.25) is 4.79 Å². The highest BCUT2D eigenvalue weighted by Crippen LogP contribution is 2.16. The zero-order valence-corrected chi connectivity index (χ0v) is 9.13. The van der Waals surface area contributed by atoms with E-state index in [1.54, 1.807) is 6.20 Å². The summed E-state index contributed by atoms with van der Waals surface area (Å²) in [5.41, 5.74) is 7.31. The molecule has 5 nitrogen and oxygen atoms in total. The lowest BCUT2D eigenvalue weighted by atomic mass is 10.2. The van der Waals surface area contributed by atoms with Gasteiger partial charge in [0.15, 0.2) is 0 Å². The van der Waals surface area contributed by atoms with Gasteiger partial charge in [0.05, 0.1) is 11.9 Å². The van der Waals surface area contributed by atoms with Crippen LogP contribution in [0.15, 0.2) is 36.5 Å². The van der Waals surface area contributed by atoms with Gasteiger partial charge in [0.1, 0.15) is 11.9 Å². The number of hydrogen-bond acceptors (Lipinski definition) is 3. The van der Waals surface area contributed by atoms with Crippen LogP contribution in [-0.4, -0.2) is 27.1 Å². The van der Waals surface area contributed by atoms with Gasteiger partial charge >= 0.3 is 5.97 Å². The topological polar surface area (TPSA) is 92.0 Å². The summed E-state index contributed by atoms with van der Waals surface area (Å²) in [6.07, 6.45) is 1.88. The molecule has 0 aliphatic heterocycles. The summed E-state index contributed by atoms with van der Waals surface area (Å²) in [5, 5.41) is 8.70. The molecule has 0 aliphatic rings.